The molecule has 2 fully saturated rings. The summed E-state index contributed by atoms with van der Waals surface area (Å²) in [5.74, 6) is 2.38. The molecule has 4 aromatic rings. The second-order valence-corrected chi connectivity index (χ2v) is 8.61. The van der Waals surface area contributed by atoms with Crippen LogP contribution in [0.1, 0.15) is 13.8 Å². The predicted molar refractivity (Wildman–Crippen MR) is 124 cm³/mol. The van der Waals surface area contributed by atoms with Crippen LogP contribution in [0.4, 0.5) is 11.8 Å². The predicted octanol–water partition coefficient (Wildman–Crippen LogP) is 2.95. The minimum Gasteiger partial charge on any atom is -0.377 e. The molecule has 9 nitrogen and oxygen atoms in total. The normalized spacial score (nSPS) is 22.2. The Morgan fingerprint density at radius 3 is 2.50 bits per heavy atom. The number of aromatic amines is 2. The summed E-state index contributed by atoms with van der Waals surface area (Å²) in [5, 5.41) is 1.13. The summed E-state index contributed by atoms with van der Waals surface area (Å²) in [6.45, 7) is 8.57. The van der Waals surface area contributed by atoms with Crippen molar-refractivity contribution in [2.45, 2.75) is 25.9 Å². The van der Waals surface area contributed by atoms with Crippen LogP contribution >= 0.6 is 0 Å². The number of ether oxygens (including phenoxy) is 2. The fraction of sp³-hybridized carbons (Fsp3) is 0.435. The minimum absolute atomic E-state index is 0.213. The molecule has 1 aromatic carbocycles. The molecule has 1 unspecified atom stereocenters. The highest BCUT2D eigenvalue weighted by molar-refractivity contribution is 5.96. The van der Waals surface area contributed by atoms with Crippen molar-refractivity contribution in [3.05, 3.63) is 30.5 Å². The number of anilines is 2. The maximum atomic E-state index is 5.68. The first-order valence-corrected chi connectivity index (χ1v) is 11.2. The molecular formula is C23H27N7O2. The fourth-order valence-electron chi connectivity index (χ4n) is 4.69. The third-order valence-electron chi connectivity index (χ3n) is 6.43. The largest absolute Gasteiger partial charge is 0.377 e. The molecule has 5 heterocycles. The zero-order chi connectivity index (χ0) is 21.7. The van der Waals surface area contributed by atoms with E-state index in [0.29, 0.717) is 26.4 Å². The van der Waals surface area contributed by atoms with Crippen molar-refractivity contribution in [2.75, 3.05) is 49.3 Å². The van der Waals surface area contributed by atoms with Crippen molar-refractivity contribution in [1.29, 1.82) is 0 Å². The van der Waals surface area contributed by atoms with Gasteiger partial charge in [-0.05, 0) is 26.0 Å². The zero-order valence-electron chi connectivity index (χ0n) is 18.3. The third kappa shape index (κ3) is 3.20. The molecule has 0 spiro atoms. The van der Waals surface area contributed by atoms with E-state index in [4.69, 9.17) is 24.4 Å². The second kappa shape index (κ2) is 7.75. The average molecular weight is 434 g/mol. The number of fused-ring (bicyclic) bond motifs is 2. The topological polar surface area (TPSA) is 95.2 Å². The van der Waals surface area contributed by atoms with E-state index in [9.17, 15) is 0 Å². The fourth-order valence-corrected chi connectivity index (χ4v) is 4.69. The van der Waals surface area contributed by atoms with Gasteiger partial charge in [-0.2, -0.15) is 9.97 Å². The average Bonchev–Trinajstić information content (AvgIpc) is 3.46. The molecular weight excluding hydrogens is 406 g/mol. The number of nitrogens with one attached hydrogen (secondary N) is 2. The molecule has 2 saturated heterocycles. The van der Waals surface area contributed by atoms with Crippen LogP contribution in [-0.4, -0.2) is 76.5 Å². The lowest BCUT2D eigenvalue weighted by atomic mass is 10.1. The van der Waals surface area contributed by atoms with E-state index >= 15 is 0 Å². The lowest BCUT2D eigenvalue weighted by Crippen LogP contribution is -2.46. The van der Waals surface area contributed by atoms with Crippen LogP contribution in [0.25, 0.3) is 33.5 Å². The maximum absolute atomic E-state index is 5.68. The van der Waals surface area contributed by atoms with Gasteiger partial charge in [0.2, 0.25) is 5.95 Å². The summed E-state index contributed by atoms with van der Waals surface area (Å²) in [6.07, 6.45) is 1.95. The van der Waals surface area contributed by atoms with Gasteiger partial charge in [-0.3, -0.25) is 0 Å². The summed E-state index contributed by atoms with van der Waals surface area (Å²) < 4.78 is 11.3. The summed E-state index contributed by atoms with van der Waals surface area (Å²) in [7, 11) is 0. The van der Waals surface area contributed by atoms with Crippen molar-refractivity contribution in [3.8, 4) is 11.4 Å². The van der Waals surface area contributed by atoms with E-state index < -0.39 is 0 Å². The highest BCUT2D eigenvalue weighted by atomic mass is 16.5. The summed E-state index contributed by atoms with van der Waals surface area (Å²) in [6, 6.07) is 8.70. The number of hydrogen-bond acceptors (Lipinski definition) is 7. The Balaban J connectivity index is 1.53. The zero-order valence-corrected chi connectivity index (χ0v) is 18.3. The van der Waals surface area contributed by atoms with Crippen molar-refractivity contribution in [2.24, 2.45) is 0 Å². The monoisotopic (exact) mass is 433 g/mol. The standard InChI is InChI=1S/C23H27N7O2/c1-14-12-31-10-8-29(14)22-19-21(27-23(28-22)30-9-11-32-13-15(30)2)26-20(25-19)17-4-3-5-18-16(17)6-7-24-18/h3-7,14-15,24H,8-13H2,1-2H3,(H,25,26,27,28)/t14-,15?/m1/s1. The highest BCUT2D eigenvalue weighted by Gasteiger charge is 2.28. The number of rotatable bonds is 3. The first kappa shape index (κ1) is 19.5. The number of hydrogen-bond donors (Lipinski definition) is 2. The SMILES string of the molecule is CC1COCCN1c1nc(N2CCOC[C@H]2C)c2nc(-c3cccc4[nH]ccc34)[nH]c2n1. The lowest BCUT2D eigenvalue weighted by Gasteiger charge is -2.36. The Bertz CT molecular complexity index is 1270. The number of morpholine rings is 2. The van der Waals surface area contributed by atoms with Crippen molar-refractivity contribution in [1.82, 2.24) is 24.9 Å². The number of benzene rings is 1. The molecule has 9 heteroatoms. The van der Waals surface area contributed by atoms with Gasteiger partial charge in [0, 0.05) is 35.8 Å². The van der Waals surface area contributed by atoms with Crippen LogP contribution < -0.4 is 9.80 Å². The van der Waals surface area contributed by atoms with Gasteiger partial charge in [0.1, 0.15) is 5.82 Å². The Kier molecular flexibility index (Phi) is 4.73. The van der Waals surface area contributed by atoms with Crippen LogP contribution in [0.5, 0.6) is 0 Å². The van der Waals surface area contributed by atoms with Gasteiger partial charge in [-0.25, -0.2) is 4.98 Å². The Morgan fingerprint density at radius 1 is 0.938 bits per heavy atom. The Morgan fingerprint density at radius 2 is 1.72 bits per heavy atom. The van der Waals surface area contributed by atoms with Crippen LogP contribution in [0, 0.1) is 0 Å². The molecule has 0 amide bonds. The van der Waals surface area contributed by atoms with Gasteiger partial charge in [-0.1, -0.05) is 12.1 Å². The molecule has 2 aliphatic heterocycles. The molecule has 2 atom stereocenters. The van der Waals surface area contributed by atoms with Gasteiger partial charge in [0.15, 0.2) is 17.0 Å². The lowest BCUT2D eigenvalue weighted by molar-refractivity contribution is 0.0973. The van der Waals surface area contributed by atoms with Crippen LogP contribution in [0.15, 0.2) is 30.5 Å². The molecule has 0 bridgehead atoms. The molecule has 0 saturated carbocycles. The van der Waals surface area contributed by atoms with E-state index in [0.717, 1.165) is 58.3 Å². The third-order valence-corrected chi connectivity index (χ3v) is 6.43. The van der Waals surface area contributed by atoms with E-state index in [1.54, 1.807) is 0 Å². The highest BCUT2D eigenvalue weighted by Crippen LogP contribution is 2.33. The maximum Gasteiger partial charge on any atom is 0.229 e. The van der Waals surface area contributed by atoms with Gasteiger partial charge < -0.3 is 29.2 Å². The summed E-state index contributed by atoms with van der Waals surface area (Å²) in [4.78, 5) is 26.3. The van der Waals surface area contributed by atoms with Gasteiger partial charge >= 0.3 is 0 Å². The molecule has 166 valence electrons. The van der Waals surface area contributed by atoms with E-state index in [2.05, 4.69) is 51.8 Å². The number of nitrogens with zero attached hydrogens (tertiary/aromatic N) is 5. The van der Waals surface area contributed by atoms with Crippen molar-refractivity contribution >= 4 is 33.8 Å². The molecule has 3 aromatic heterocycles. The van der Waals surface area contributed by atoms with E-state index in [-0.39, 0.29) is 12.1 Å². The van der Waals surface area contributed by atoms with Crippen LogP contribution in [-0.2, 0) is 9.47 Å². The van der Waals surface area contributed by atoms with Crippen LogP contribution in [0.2, 0.25) is 0 Å². The molecule has 0 radical (unpaired) electrons. The first-order chi connectivity index (χ1) is 15.7. The van der Waals surface area contributed by atoms with Gasteiger partial charge in [-0.15, -0.1) is 0 Å². The quantitative estimate of drug-likeness (QED) is 0.513. The number of aromatic nitrogens is 5. The molecule has 0 aliphatic carbocycles. The Labute approximate surface area is 185 Å². The van der Waals surface area contributed by atoms with E-state index in [1.807, 2.05) is 12.3 Å². The molecule has 32 heavy (non-hydrogen) atoms. The van der Waals surface area contributed by atoms with E-state index in [1.165, 1.54) is 0 Å². The molecule has 6 rings (SSSR count). The van der Waals surface area contributed by atoms with Crippen molar-refractivity contribution in [3.63, 3.8) is 0 Å². The van der Waals surface area contributed by atoms with Crippen LogP contribution in [0.3, 0.4) is 0 Å². The molecule has 2 aliphatic rings. The molecule has 2 N–H and O–H groups in total. The summed E-state index contributed by atoms with van der Waals surface area (Å²) >= 11 is 0. The minimum atomic E-state index is 0.213. The Hall–Kier alpha value is -3.17. The van der Waals surface area contributed by atoms with Gasteiger partial charge in [0.05, 0.1) is 38.5 Å². The van der Waals surface area contributed by atoms with Gasteiger partial charge in [0.25, 0.3) is 0 Å². The number of H-pyrrole nitrogens is 2. The number of imidazole rings is 1. The smallest absolute Gasteiger partial charge is 0.229 e. The first-order valence-electron chi connectivity index (χ1n) is 11.2. The second-order valence-electron chi connectivity index (χ2n) is 8.61. The van der Waals surface area contributed by atoms with Crippen molar-refractivity contribution < 1.29 is 9.47 Å². The summed E-state index contributed by atoms with van der Waals surface area (Å²) in [5.41, 5.74) is 3.68.